The molecule has 2 aliphatic heterocycles. The lowest BCUT2D eigenvalue weighted by Crippen LogP contribution is -2.63. The van der Waals surface area contributed by atoms with Crippen LogP contribution in [-0.4, -0.2) is 41.8 Å². The van der Waals surface area contributed by atoms with Crippen LogP contribution in [0.15, 0.2) is 47.2 Å². The number of ether oxygens (including phenoxy) is 1. The highest BCUT2D eigenvalue weighted by Gasteiger charge is 2.64. The molecule has 0 fully saturated rings. The predicted octanol–water partition coefficient (Wildman–Crippen LogP) is 2.15. The van der Waals surface area contributed by atoms with E-state index in [-0.39, 0.29) is 22.6 Å². The molecule has 4 aliphatic rings. The largest absolute Gasteiger partial charge is 0.477 e. The molecule has 11 nitrogen and oxygen atoms in total. The summed E-state index contributed by atoms with van der Waals surface area (Å²) in [5.74, 6) is -0.833. The highest BCUT2D eigenvalue weighted by atomic mass is 32.2. The van der Waals surface area contributed by atoms with Crippen molar-refractivity contribution >= 4 is 29.5 Å². The van der Waals surface area contributed by atoms with E-state index in [0.29, 0.717) is 17.6 Å². The number of allylic oxidation sites excluding steroid dienone is 3. The third-order valence-electron chi connectivity index (χ3n) is 7.82. The first-order chi connectivity index (χ1) is 16.9. The Morgan fingerprint density at radius 1 is 1.19 bits per heavy atom. The van der Waals surface area contributed by atoms with E-state index < -0.39 is 52.2 Å². The Kier molecular flexibility index (Phi) is 5.34. The van der Waals surface area contributed by atoms with Crippen molar-refractivity contribution < 1.29 is 41.6 Å². The number of Topliss-reactive ketones (excluding diaryl/α,β-unsaturated/α-hetero) is 1. The Labute approximate surface area is 213 Å². The zero-order valence-electron chi connectivity index (χ0n) is 20.8. The zero-order chi connectivity index (χ0) is 27.3. The number of benzene rings is 1. The highest BCUT2D eigenvalue weighted by molar-refractivity contribution is 7.88. The molecule has 37 heavy (non-hydrogen) atoms. The van der Waals surface area contributed by atoms with E-state index in [4.69, 9.17) is 9.26 Å². The van der Waals surface area contributed by atoms with E-state index in [1.54, 1.807) is 32.1 Å². The number of phosphoric acid groups is 1. The standard InChI is InChI=1S/C24H27N2O9PS/c1-12-6-9-16-22(2,3)19(27)15(26-37(5,32)33)11-24(16)23(12,4)10-13-7-8-14-17(18(13)34-24)21(25-20(14)28)35-36(29,30)31/h6-9,11,21,26H,10H2,1-5H3,(H,25,28)(H2,29,30,31). The van der Waals surface area contributed by atoms with Gasteiger partial charge in [-0.15, -0.1) is 0 Å². The topological polar surface area (TPSA) is 168 Å². The van der Waals surface area contributed by atoms with Gasteiger partial charge in [-0.2, -0.15) is 0 Å². The molecule has 2 heterocycles. The van der Waals surface area contributed by atoms with E-state index in [9.17, 15) is 32.4 Å². The van der Waals surface area contributed by atoms with Gasteiger partial charge >= 0.3 is 7.82 Å². The lowest BCUT2D eigenvalue weighted by atomic mass is 9.52. The summed E-state index contributed by atoms with van der Waals surface area (Å²) < 4.78 is 50.0. The van der Waals surface area contributed by atoms with Crippen molar-refractivity contribution in [3.05, 3.63) is 63.9 Å². The third-order valence-corrected chi connectivity index (χ3v) is 8.89. The predicted molar refractivity (Wildman–Crippen MR) is 132 cm³/mol. The number of amides is 1. The van der Waals surface area contributed by atoms with E-state index in [0.717, 1.165) is 11.8 Å². The molecule has 1 aromatic rings. The molecular formula is C24H27N2O9PS. The van der Waals surface area contributed by atoms with Crippen molar-refractivity contribution in [3.63, 3.8) is 0 Å². The summed E-state index contributed by atoms with van der Waals surface area (Å²) >= 11 is 0. The number of hydrogen-bond acceptors (Lipinski definition) is 7. The number of nitrogens with one attached hydrogen (secondary N) is 2. The number of rotatable bonds is 4. The van der Waals surface area contributed by atoms with Gasteiger partial charge in [-0.05, 0) is 50.5 Å². The number of carbonyl (C=O) groups is 2. The minimum Gasteiger partial charge on any atom is -0.477 e. The Balaban J connectivity index is 1.79. The Morgan fingerprint density at radius 3 is 2.49 bits per heavy atom. The van der Waals surface area contributed by atoms with Gasteiger partial charge in [0, 0.05) is 5.41 Å². The van der Waals surface area contributed by atoms with Crippen molar-refractivity contribution in [3.8, 4) is 5.75 Å². The number of fused-ring (bicyclic) bond motifs is 3. The minimum atomic E-state index is -5.00. The van der Waals surface area contributed by atoms with Crippen LogP contribution in [0.2, 0.25) is 0 Å². The first kappa shape index (κ1) is 25.9. The molecule has 1 amide bonds. The number of ketones is 1. The summed E-state index contributed by atoms with van der Waals surface area (Å²) in [5.41, 5.74) is -1.02. The first-order valence-corrected chi connectivity index (χ1v) is 14.9. The van der Waals surface area contributed by atoms with Crippen molar-refractivity contribution in [2.24, 2.45) is 10.8 Å². The van der Waals surface area contributed by atoms with Gasteiger partial charge in [0.15, 0.2) is 17.6 Å². The third kappa shape index (κ3) is 3.73. The molecule has 2 aliphatic carbocycles. The maximum Gasteiger partial charge on any atom is 0.471 e. The summed E-state index contributed by atoms with van der Waals surface area (Å²) in [5, 5.41) is 2.43. The van der Waals surface area contributed by atoms with Crippen LogP contribution >= 0.6 is 7.82 Å². The average Bonchev–Trinajstić information content (AvgIpc) is 3.04. The fraction of sp³-hybridized carbons (Fsp3) is 0.417. The van der Waals surface area contributed by atoms with Crippen molar-refractivity contribution in [2.75, 3.05) is 6.26 Å². The highest BCUT2D eigenvalue weighted by Crippen LogP contribution is 2.62. The van der Waals surface area contributed by atoms with E-state index in [1.165, 1.54) is 6.08 Å². The maximum atomic E-state index is 13.4. The van der Waals surface area contributed by atoms with Gasteiger partial charge in [-0.25, -0.2) is 13.0 Å². The van der Waals surface area contributed by atoms with Crippen LogP contribution in [0.3, 0.4) is 0 Å². The van der Waals surface area contributed by atoms with Crippen LogP contribution in [0.5, 0.6) is 5.75 Å². The lowest BCUT2D eigenvalue weighted by Gasteiger charge is -2.58. The Bertz CT molecular complexity index is 1530. The van der Waals surface area contributed by atoms with Crippen LogP contribution in [0, 0.1) is 10.8 Å². The van der Waals surface area contributed by atoms with Gasteiger partial charge in [0.2, 0.25) is 10.0 Å². The molecule has 1 spiro atoms. The quantitative estimate of drug-likeness (QED) is 0.411. The zero-order valence-corrected chi connectivity index (χ0v) is 22.5. The lowest BCUT2D eigenvalue weighted by molar-refractivity contribution is -0.125. The molecule has 5 rings (SSSR count). The van der Waals surface area contributed by atoms with Crippen LogP contribution in [0.1, 0.15) is 55.4 Å². The first-order valence-electron chi connectivity index (χ1n) is 11.4. The van der Waals surface area contributed by atoms with Gasteiger partial charge in [-0.1, -0.05) is 30.7 Å². The molecule has 198 valence electrons. The summed E-state index contributed by atoms with van der Waals surface area (Å²) in [4.78, 5) is 45.0. The second kappa shape index (κ2) is 7.64. The second-order valence-corrected chi connectivity index (χ2v) is 13.6. The maximum absolute atomic E-state index is 13.4. The van der Waals surface area contributed by atoms with Gasteiger partial charge in [0.1, 0.15) is 5.75 Å². The van der Waals surface area contributed by atoms with Gasteiger partial charge in [0.05, 0.1) is 28.5 Å². The smallest absolute Gasteiger partial charge is 0.471 e. The van der Waals surface area contributed by atoms with Crippen molar-refractivity contribution in [2.45, 2.75) is 45.9 Å². The number of phosphoric ester groups is 1. The van der Waals surface area contributed by atoms with Crippen molar-refractivity contribution in [1.29, 1.82) is 0 Å². The van der Waals surface area contributed by atoms with Gasteiger partial charge in [0.25, 0.3) is 5.91 Å². The molecule has 3 unspecified atom stereocenters. The van der Waals surface area contributed by atoms with Crippen LogP contribution in [0.4, 0.5) is 0 Å². The normalized spacial score (nSPS) is 29.9. The van der Waals surface area contributed by atoms with Gasteiger partial charge in [-0.3, -0.25) is 18.8 Å². The second-order valence-electron chi connectivity index (χ2n) is 10.6. The van der Waals surface area contributed by atoms with E-state index in [2.05, 4.69) is 10.0 Å². The molecule has 4 N–H and O–H groups in total. The number of hydrogen-bond donors (Lipinski definition) is 4. The Hall–Kier alpha value is -2.76. The molecule has 0 saturated carbocycles. The molecule has 0 aromatic heterocycles. The minimum absolute atomic E-state index is 0.134. The molecule has 13 heteroatoms. The fourth-order valence-electron chi connectivity index (χ4n) is 5.88. The monoisotopic (exact) mass is 550 g/mol. The number of carbonyl (C=O) groups excluding carboxylic acids is 2. The van der Waals surface area contributed by atoms with E-state index in [1.807, 2.05) is 19.9 Å². The summed E-state index contributed by atoms with van der Waals surface area (Å²) in [6, 6.07) is 3.27. The molecule has 0 bridgehead atoms. The summed E-state index contributed by atoms with van der Waals surface area (Å²) in [7, 11) is -8.82. The summed E-state index contributed by atoms with van der Waals surface area (Å²) in [6.45, 7) is 7.25. The Morgan fingerprint density at radius 2 is 1.86 bits per heavy atom. The SMILES string of the molecule is CC1=CC=C2C(C)(C)C(=O)C(NS(C)(=O)=O)=CC23Oc2c(ccc4c2C(OP(=O)(O)O)NC4=O)CC13C. The van der Waals surface area contributed by atoms with Crippen LogP contribution < -0.4 is 14.8 Å². The molecular weight excluding hydrogens is 523 g/mol. The van der Waals surface area contributed by atoms with Crippen LogP contribution in [-0.2, 0) is 30.3 Å². The molecule has 1 aromatic carbocycles. The summed E-state index contributed by atoms with van der Waals surface area (Å²) in [6.07, 6.45) is 5.03. The fourth-order valence-corrected chi connectivity index (χ4v) is 6.86. The molecule has 0 saturated heterocycles. The molecule has 3 atom stereocenters. The molecule has 0 radical (unpaired) electrons. The van der Waals surface area contributed by atoms with Crippen LogP contribution in [0.25, 0.3) is 0 Å². The van der Waals surface area contributed by atoms with E-state index >= 15 is 0 Å². The van der Waals surface area contributed by atoms with Gasteiger partial charge < -0.3 is 19.8 Å². The van der Waals surface area contributed by atoms with Crippen molar-refractivity contribution in [1.82, 2.24) is 10.0 Å². The number of sulfonamides is 1. The average molecular weight is 551 g/mol.